The first-order valence-corrected chi connectivity index (χ1v) is 20.0. The van der Waals surface area contributed by atoms with E-state index in [4.69, 9.17) is 11.6 Å². The monoisotopic (exact) mass is 828 g/mol. The van der Waals surface area contributed by atoms with E-state index in [-0.39, 0.29) is 39.5 Å². The Morgan fingerprint density at radius 3 is 1.89 bits per heavy atom. The molecule has 5 rings (SSSR count). The van der Waals surface area contributed by atoms with Crippen LogP contribution >= 0.6 is 11.6 Å². The van der Waals surface area contributed by atoms with Gasteiger partial charge in [0.05, 0.1) is 22.0 Å². The Morgan fingerprint density at radius 2 is 1.28 bits per heavy atom. The van der Waals surface area contributed by atoms with Crippen LogP contribution in [0.5, 0.6) is 0 Å². The zero-order valence-electron chi connectivity index (χ0n) is 26.1. The van der Waals surface area contributed by atoms with Gasteiger partial charge in [-0.25, -0.2) is 0 Å². The van der Waals surface area contributed by atoms with Gasteiger partial charge in [0.15, 0.2) is 0 Å². The van der Waals surface area contributed by atoms with Crippen molar-refractivity contribution in [2.24, 2.45) is 10.2 Å². The topological polar surface area (TPSA) is 334 Å². The van der Waals surface area contributed by atoms with Gasteiger partial charge < -0.3 is 16.0 Å². The van der Waals surface area contributed by atoms with E-state index in [1.54, 1.807) is 0 Å². The van der Waals surface area contributed by atoms with E-state index in [1.807, 2.05) is 0 Å². The molecule has 0 spiro atoms. The van der Waals surface area contributed by atoms with Gasteiger partial charge >= 0.3 is 0 Å². The molecule has 21 nitrogen and oxygen atoms in total. The van der Waals surface area contributed by atoms with Crippen LogP contribution in [-0.2, 0) is 45.3 Å². The standard InChI is InChI=1S/C27H21ClN8O13S4/c1-13(37)29-20-10-14(30-26-32-25(28)33-27(34-26)31-21-12-16(50(38,39)40)6-8-23(21)52(44,45)46)5-7-19(20)36-35-15-9-18-17(24(11-15)53(47,48)49)3-2-4-22(18)51(41,42)43/h2-12H,1H3,(H,29,37)(H,38,39,40)(H,41,42,43)(H,44,45,46)(H,47,48,49)(H2,30,31,32,33,34). The summed E-state index contributed by atoms with van der Waals surface area (Å²) in [5, 5.41) is 14.6. The van der Waals surface area contributed by atoms with E-state index in [2.05, 4.69) is 41.1 Å². The first kappa shape index (κ1) is 39.0. The lowest BCUT2D eigenvalue weighted by Gasteiger charge is -2.13. The first-order valence-electron chi connectivity index (χ1n) is 13.9. The van der Waals surface area contributed by atoms with E-state index >= 15 is 0 Å². The number of hydrogen-bond acceptors (Lipinski definition) is 16. The van der Waals surface area contributed by atoms with Gasteiger partial charge in [-0.2, -0.15) is 53.7 Å². The second-order valence-electron chi connectivity index (χ2n) is 10.5. The van der Waals surface area contributed by atoms with Crippen LogP contribution in [0.25, 0.3) is 10.8 Å². The van der Waals surface area contributed by atoms with Crippen LogP contribution in [0.15, 0.2) is 96.5 Å². The summed E-state index contributed by atoms with van der Waals surface area (Å²) in [6.45, 7) is 1.17. The maximum Gasteiger partial charge on any atom is 0.296 e. The number of benzene rings is 4. The maximum atomic E-state index is 12.2. The van der Waals surface area contributed by atoms with Crippen molar-refractivity contribution in [3.63, 3.8) is 0 Å². The number of hydrogen-bond donors (Lipinski definition) is 7. The Bertz CT molecular complexity index is 2820. The number of anilines is 5. The molecule has 0 saturated carbocycles. The largest absolute Gasteiger partial charge is 0.324 e. The van der Waals surface area contributed by atoms with Crippen LogP contribution in [0.4, 0.5) is 40.3 Å². The third kappa shape index (κ3) is 9.41. The number of rotatable bonds is 11. The van der Waals surface area contributed by atoms with Crippen molar-refractivity contribution in [2.75, 3.05) is 16.0 Å². The fourth-order valence-electron chi connectivity index (χ4n) is 4.61. The lowest BCUT2D eigenvalue weighted by atomic mass is 10.1. The Morgan fingerprint density at radius 1 is 0.642 bits per heavy atom. The number of carbonyl (C=O) groups excluding carboxylic acids is 1. The molecule has 0 aliphatic heterocycles. The number of nitrogens with zero attached hydrogens (tertiary/aromatic N) is 5. The predicted octanol–water partition coefficient (Wildman–Crippen LogP) is 4.53. The van der Waals surface area contributed by atoms with Crippen molar-refractivity contribution in [1.29, 1.82) is 0 Å². The van der Waals surface area contributed by atoms with E-state index in [0.29, 0.717) is 12.1 Å². The van der Waals surface area contributed by atoms with Gasteiger partial charge in [0.1, 0.15) is 20.4 Å². The minimum Gasteiger partial charge on any atom is -0.324 e. The molecule has 0 fully saturated rings. The normalized spacial score (nSPS) is 12.6. The van der Waals surface area contributed by atoms with Gasteiger partial charge in [-0.15, -0.1) is 5.11 Å². The van der Waals surface area contributed by atoms with Crippen molar-refractivity contribution in [3.05, 3.63) is 72.0 Å². The predicted molar refractivity (Wildman–Crippen MR) is 186 cm³/mol. The van der Waals surface area contributed by atoms with Crippen LogP contribution in [0.1, 0.15) is 6.92 Å². The molecule has 0 aliphatic rings. The molecule has 53 heavy (non-hydrogen) atoms. The molecule has 0 saturated heterocycles. The van der Waals surface area contributed by atoms with Crippen molar-refractivity contribution in [3.8, 4) is 0 Å². The summed E-state index contributed by atoms with van der Waals surface area (Å²) in [7, 11) is -19.5. The molecule has 1 heterocycles. The summed E-state index contributed by atoms with van der Waals surface area (Å²) in [5.41, 5.74) is -0.724. The third-order valence-electron chi connectivity index (χ3n) is 6.68. The Hall–Kier alpha value is -5.25. The molecule has 278 valence electrons. The van der Waals surface area contributed by atoms with Crippen molar-refractivity contribution in [1.82, 2.24) is 15.0 Å². The smallest absolute Gasteiger partial charge is 0.296 e. The van der Waals surface area contributed by atoms with Crippen molar-refractivity contribution < 1.29 is 56.7 Å². The highest BCUT2D eigenvalue weighted by atomic mass is 35.5. The van der Waals surface area contributed by atoms with Crippen LogP contribution < -0.4 is 16.0 Å². The van der Waals surface area contributed by atoms with E-state index in [9.17, 15) is 56.7 Å². The highest BCUT2D eigenvalue weighted by Gasteiger charge is 2.23. The quantitative estimate of drug-likeness (QED) is 0.0710. The zero-order valence-corrected chi connectivity index (χ0v) is 30.1. The molecular formula is C27H21ClN8O13S4. The van der Waals surface area contributed by atoms with Crippen LogP contribution in [-0.4, -0.2) is 72.7 Å². The highest BCUT2D eigenvalue weighted by Crippen LogP contribution is 2.36. The van der Waals surface area contributed by atoms with Gasteiger partial charge in [-0.3, -0.25) is 23.0 Å². The van der Waals surface area contributed by atoms with Gasteiger partial charge in [0, 0.05) is 23.4 Å². The molecule has 4 aromatic carbocycles. The summed E-state index contributed by atoms with van der Waals surface area (Å²) < 4.78 is 134. The zero-order chi connectivity index (χ0) is 39.1. The second-order valence-corrected chi connectivity index (χ2v) is 16.4. The van der Waals surface area contributed by atoms with Crippen molar-refractivity contribution >= 4 is 109 Å². The minimum absolute atomic E-state index is 0.000934. The number of halogens is 1. The molecule has 5 aromatic rings. The van der Waals surface area contributed by atoms with Crippen molar-refractivity contribution in [2.45, 2.75) is 26.5 Å². The summed E-state index contributed by atoms with van der Waals surface area (Å²) in [6, 6.07) is 11.5. The second kappa shape index (κ2) is 14.3. The van der Waals surface area contributed by atoms with E-state index in [1.165, 1.54) is 31.2 Å². The molecule has 7 N–H and O–H groups in total. The molecule has 1 aromatic heterocycles. The minimum atomic E-state index is -4.94. The summed E-state index contributed by atoms with van der Waals surface area (Å²) in [5.74, 6) is -1.33. The lowest BCUT2D eigenvalue weighted by Crippen LogP contribution is -2.09. The summed E-state index contributed by atoms with van der Waals surface area (Å²) in [6.07, 6.45) is 0. The Labute approximate surface area is 304 Å². The average molecular weight is 829 g/mol. The van der Waals surface area contributed by atoms with Gasteiger partial charge in [-0.1, -0.05) is 12.1 Å². The Balaban J connectivity index is 1.51. The van der Waals surface area contributed by atoms with E-state index < -0.39 is 82.9 Å². The van der Waals surface area contributed by atoms with E-state index in [0.717, 1.165) is 30.3 Å². The molecular weight excluding hydrogens is 808 g/mol. The number of fused-ring (bicyclic) bond motifs is 1. The first-order chi connectivity index (χ1) is 24.5. The fraction of sp³-hybridized carbons (Fsp3) is 0.0370. The molecule has 0 unspecified atom stereocenters. The molecule has 0 atom stereocenters. The van der Waals surface area contributed by atoms with Gasteiger partial charge in [-0.05, 0) is 66.2 Å². The van der Waals surface area contributed by atoms with Gasteiger partial charge in [0.25, 0.3) is 40.5 Å². The summed E-state index contributed by atoms with van der Waals surface area (Å²) >= 11 is 6.02. The SMILES string of the molecule is CC(=O)Nc1cc(Nc2nc(Cl)nc(Nc3cc(S(=O)(=O)O)ccc3S(=O)(=O)O)n2)ccc1N=Nc1cc(S(=O)(=O)O)c2cccc(S(=O)(=O)O)c2c1. The molecule has 0 bridgehead atoms. The lowest BCUT2D eigenvalue weighted by molar-refractivity contribution is -0.114. The third-order valence-corrected chi connectivity index (χ3v) is 10.4. The molecule has 1 amide bonds. The number of nitrogens with one attached hydrogen (secondary N) is 3. The molecule has 0 aliphatic carbocycles. The number of carbonyl (C=O) groups is 1. The highest BCUT2D eigenvalue weighted by molar-refractivity contribution is 7.87. The average Bonchev–Trinajstić information content (AvgIpc) is 3.01. The Kier molecular flexibility index (Phi) is 10.5. The fourth-order valence-corrected chi connectivity index (χ4v) is 7.33. The number of amides is 1. The molecule has 0 radical (unpaired) electrons. The van der Waals surface area contributed by atoms with Gasteiger partial charge in [0.2, 0.25) is 23.1 Å². The number of azo groups is 1. The summed E-state index contributed by atoms with van der Waals surface area (Å²) in [4.78, 5) is 20.8. The molecule has 26 heteroatoms. The van der Waals surface area contributed by atoms with Crippen LogP contribution in [0, 0.1) is 0 Å². The van der Waals surface area contributed by atoms with Crippen LogP contribution in [0.3, 0.4) is 0 Å². The van der Waals surface area contributed by atoms with Crippen LogP contribution in [0.2, 0.25) is 5.28 Å². The maximum absolute atomic E-state index is 12.2. The number of aromatic nitrogens is 3.